The van der Waals surface area contributed by atoms with E-state index in [-0.39, 0.29) is 16.6 Å². The minimum atomic E-state index is -0.255. The molecule has 0 unspecified atom stereocenters. The van der Waals surface area contributed by atoms with Crippen molar-refractivity contribution >= 4 is 18.4 Å². The Morgan fingerprint density at radius 1 is 1.13 bits per heavy atom. The zero-order valence-electron chi connectivity index (χ0n) is 13.5. The van der Waals surface area contributed by atoms with Gasteiger partial charge >= 0.3 is 0 Å². The monoisotopic (exact) mass is 325 g/mol. The number of ketones is 1. The van der Waals surface area contributed by atoms with Crippen molar-refractivity contribution in [2.45, 2.75) is 30.6 Å². The number of thiol groups is 1. The van der Waals surface area contributed by atoms with E-state index in [9.17, 15) is 4.79 Å². The lowest BCUT2D eigenvalue weighted by atomic mass is 9.90. The van der Waals surface area contributed by atoms with E-state index in [0.717, 1.165) is 24.9 Å². The van der Waals surface area contributed by atoms with Crippen LogP contribution in [0.3, 0.4) is 0 Å². The van der Waals surface area contributed by atoms with Gasteiger partial charge in [-0.15, -0.1) is 0 Å². The first-order valence-corrected chi connectivity index (χ1v) is 8.64. The molecule has 1 aliphatic rings. The van der Waals surface area contributed by atoms with Crippen LogP contribution in [-0.4, -0.2) is 29.8 Å². The third-order valence-electron chi connectivity index (χ3n) is 4.81. The highest BCUT2D eigenvalue weighted by atomic mass is 32.1. The fraction of sp³-hybridized carbons (Fsp3) is 0.350. The maximum atomic E-state index is 12.5. The summed E-state index contributed by atoms with van der Waals surface area (Å²) in [5.74, 6) is 0.190. The van der Waals surface area contributed by atoms with Gasteiger partial charge in [-0.2, -0.15) is 12.6 Å². The number of benzene rings is 2. The molecule has 0 spiro atoms. The van der Waals surface area contributed by atoms with Crippen LogP contribution in [-0.2, 0) is 4.75 Å². The Kier molecular flexibility index (Phi) is 4.88. The maximum Gasteiger partial charge on any atom is 0.176 e. The summed E-state index contributed by atoms with van der Waals surface area (Å²) >= 11 is 4.99. The molecule has 0 bridgehead atoms. The Hall–Kier alpha value is -1.58. The van der Waals surface area contributed by atoms with Crippen LogP contribution in [0.15, 0.2) is 60.7 Å². The highest BCUT2D eigenvalue weighted by Gasteiger charge is 2.39. The molecule has 2 atom stereocenters. The van der Waals surface area contributed by atoms with Crippen molar-refractivity contribution in [1.82, 2.24) is 4.90 Å². The summed E-state index contributed by atoms with van der Waals surface area (Å²) in [4.78, 5) is 14.8. The lowest BCUT2D eigenvalue weighted by Crippen LogP contribution is -2.44. The number of likely N-dealkylation sites (tertiary alicyclic amines) is 1. The Labute approximate surface area is 143 Å². The fourth-order valence-electron chi connectivity index (χ4n) is 3.52. The van der Waals surface area contributed by atoms with E-state index in [2.05, 4.69) is 36.1 Å². The molecule has 0 aromatic heterocycles. The second-order valence-electron chi connectivity index (χ2n) is 6.43. The highest BCUT2D eigenvalue weighted by Crippen LogP contribution is 2.39. The van der Waals surface area contributed by atoms with Gasteiger partial charge in [0.2, 0.25) is 0 Å². The van der Waals surface area contributed by atoms with Crippen LogP contribution in [0.5, 0.6) is 0 Å². The van der Waals surface area contributed by atoms with Gasteiger partial charge in [0.25, 0.3) is 0 Å². The molecule has 1 fully saturated rings. The first-order valence-electron chi connectivity index (χ1n) is 8.19. The summed E-state index contributed by atoms with van der Waals surface area (Å²) in [6.07, 6.45) is 2.20. The van der Waals surface area contributed by atoms with Crippen molar-refractivity contribution in [3.63, 3.8) is 0 Å². The van der Waals surface area contributed by atoms with E-state index in [0.29, 0.717) is 6.54 Å². The first-order chi connectivity index (χ1) is 11.1. The van der Waals surface area contributed by atoms with Crippen LogP contribution in [0.2, 0.25) is 0 Å². The van der Waals surface area contributed by atoms with Gasteiger partial charge < -0.3 is 0 Å². The minimum Gasteiger partial charge on any atom is -0.293 e. The molecule has 3 heteroatoms. The predicted molar refractivity (Wildman–Crippen MR) is 98.1 cm³/mol. The van der Waals surface area contributed by atoms with Crippen LogP contribution < -0.4 is 0 Å². The molecule has 23 heavy (non-hydrogen) atoms. The van der Waals surface area contributed by atoms with E-state index in [1.165, 1.54) is 5.56 Å². The van der Waals surface area contributed by atoms with E-state index in [4.69, 9.17) is 12.6 Å². The summed E-state index contributed by atoms with van der Waals surface area (Å²) in [5.41, 5.74) is 2.01. The second kappa shape index (κ2) is 6.90. The molecule has 0 aliphatic carbocycles. The quantitative estimate of drug-likeness (QED) is 0.657. The lowest BCUT2D eigenvalue weighted by molar-refractivity contribution is 0.0908. The van der Waals surface area contributed by atoms with Crippen LogP contribution >= 0.6 is 12.6 Å². The second-order valence-corrected chi connectivity index (χ2v) is 7.36. The molecule has 0 saturated carbocycles. The molecule has 1 aliphatic heterocycles. The molecule has 3 rings (SSSR count). The van der Waals surface area contributed by atoms with Crippen molar-refractivity contribution in [2.24, 2.45) is 0 Å². The molecule has 120 valence electrons. The third-order valence-corrected chi connectivity index (χ3v) is 5.37. The molecule has 2 aromatic rings. The van der Waals surface area contributed by atoms with Gasteiger partial charge in [0.05, 0.1) is 11.3 Å². The number of hydrogen-bond donors (Lipinski definition) is 1. The number of rotatable bonds is 5. The van der Waals surface area contributed by atoms with Gasteiger partial charge in [-0.3, -0.25) is 9.69 Å². The molecule has 0 N–H and O–H groups in total. The van der Waals surface area contributed by atoms with Crippen molar-refractivity contribution in [1.29, 1.82) is 0 Å². The standard InChI is InChI=1S/C20H23NOS/c1-20(23,17-11-6-3-7-12-17)19-13-8-14-21(19)15-18(22)16-9-4-2-5-10-16/h2-7,9-12,19,23H,8,13-15H2,1H3/t19-,20+/m0/s1. The molecule has 2 nitrogen and oxygen atoms in total. The molecule has 0 amide bonds. The average molecular weight is 325 g/mol. The number of carbonyl (C=O) groups excluding carboxylic acids is 1. The van der Waals surface area contributed by atoms with Crippen molar-refractivity contribution in [3.05, 3.63) is 71.8 Å². The predicted octanol–water partition coefficient (Wildman–Crippen LogP) is 4.18. The summed E-state index contributed by atoms with van der Waals surface area (Å²) in [5, 5.41) is 0. The van der Waals surface area contributed by atoms with Gasteiger partial charge in [0.15, 0.2) is 5.78 Å². The first kappa shape index (κ1) is 16.3. The number of carbonyl (C=O) groups is 1. The Bertz CT molecular complexity index is 654. The van der Waals surface area contributed by atoms with Crippen LogP contribution in [0, 0.1) is 0 Å². The summed E-state index contributed by atoms with van der Waals surface area (Å²) in [6.45, 7) is 3.60. The Morgan fingerprint density at radius 2 is 1.74 bits per heavy atom. The molecular weight excluding hydrogens is 302 g/mol. The third kappa shape index (κ3) is 3.51. The molecule has 0 radical (unpaired) electrons. The van der Waals surface area contributed by atoms with Crippen molar-refractivity contribution < 1.29 is 4.79 Å². The van der Waals surface area contributed by atoms with E-state index in [1.54, 1.807) is 0 Å². The topological polar surface area (TPSA) is 20.3 Å². The average Bonchev–Trinajstić information content (AvgIpc) is 3.05. The maximum absolute atomic E-state index is 12.5. The Balaban J connectivity index is 1.77. The van der Waals surface area contributed by atoms with Crippen LogP contribution in [0.1, 0.15) is 35.7 Å². The van der Waals surface area contributed by atoms with Crippen LogP contribution in [0.4, 0.5) is 0 Å². The zero-order chi connectivity index (χ0) is 16.3. The number of hydrogen-bond acceptors (Lipinski definition) is 3. The zero-order valence-corrected chi connectivity index (χ0v) is 14.4. The summed E-state index contributed by atoms with van der Waals surface area (Å²) in [6, 6.07) is 20.2. The van der Waals surface area contributed by atoms with E-state index < -0.39 is 0 Å². The minimum absolute atomic E-state index is 0.190. The highest BCUT2D eigenvalue weighted by molar-refractivity contribution is 7.81. The van der Waals surface area contributed by atoms with Gasteiger partial charge in [-0.25, -0.2) is 0 Å². The van der Waals surface area contributed by atoms with Crippen LogP contribution in [0.25, 0.3) is 0 Å². The lowest BCUT2D eigenvalue weighted by Gasteiger charge is -2.37. The van der Waals surface area contributed by atoms with Crippen molar-refractivity contribution in [2.75, 3.05) is 13.1 Å². The molecule has 2 aromatic carbocycles. The molecule has 1 saturated heterocycles. The number of Topliss-reactive ketones (excluding diaryl/α,β-unsaturated/α-hetero) is 1. The SMILES string of the molecule is C[C@@](S)(c1ccccc1)[C@@H]1CCCN1CC(=O)c1ccccc1. The van der Waals surface area contributed by atoms with Gasteiger partial charge in [0.1, 0.15) is 0 Å². The largest absolute Gasteiger partial charge is 0.293 e. The molecular formula is C20H23NOS. The van der Waals surface area contributed by atoms with E-state index >= 15 is 0 Å². The smallest absolute Gasteiger partial charge is 0.176 e. The molecule has 1 heterocycles. The van der Waals surface area contributed by atoms with Gasteiger partial charge in [0, 0.05) is 11.6 Å². The number of nitrogens with zero attached hydrogens (tertiary/aromatic N) is 1. The normalized spacial score (nSPS) is 21.0. The fourth-order valence-corrected chi connectivity index (χ4v) is 3.96. The summed E-state index contributed by atoms with van der Waals surface area (Å²) < 4.78 is -0.255. The van der Waals surface area contributed by atoms with Crippen molar-refractivity contribution in [3.8, 4) is 0 Å². The van der Waals surface area contributed by atoms with E-state index in [1.807, 2.05) is 36.4 Å². The van der Waals surface area contributed by atoms with Gasteiger partial charge in [-0.1, -0.05) is 60.7 Å². The summed E-state index contributed by atoms with van der Waals surface area (Å²) in [7, 11) is 0. The Morgan fingerprint density at radius 3 is 2.39 bits per heavy atom. The van der Waals surface area contributed by atoms with Gasteiger partial charge in [-0.05, 0) is 31.9 Å².